The number of benzene rings is 1. The fourth-order valence-electron chi connectivity index (χ4n) is 1.44. The van der Waals surface area contributed by atoms with Crippen molar-refractivity contribution >= 4 is 22.4 Å². The molecule has 0 saturated heterocycles. The molecule has 100 valence electrons. The van der Waals surface area contributed by atoms with Crippen LogP contribution in [0.25, 0.3) is 0 Å². The molecule has 0 aliphatic carbocycles. The Kier molecular flexibility index (Phi) is 6.01. The van der Waals surface area contributed by atoms with Crippen LogP contribution in [-0.4, -0.2) is 27.7 Å². The second-order valence-electron chi connectivity index (χ2n) is 4.42. The molecule has 1 aromatic carbocycles. The molecule has 1 rings (SSSR count). The van der Waals surface area contributed by atoms with Crippen molar-refractivity contribution < 1.29 is 9.00 Å². The lowest BCUT2D eigenvalue weighted by Gasteiger charge is -2.08. The van der Waals surface area contributed by atoms with Gasteiger partial charge in [0.2, 0.25) is 5.91 Å². The summed E-state index contributed by atoms with van der Waals surface area (Å²) in [6.45, 7) is 3.78. The summed E-state index contributed by atoms with van der Waals surface area (Å²) < 4.78 is 11.6. The van der Waals surface area contributed by atoms with Gasteiger partial charge in [0.1, 0.15) is 5.75 Å². The maximum atomic E-state index is 11.7. The largest absolute Gasteiger partial charge is 0.328 e. The van der Waals surface area contributed by atoms with Gasteiger partial charge in [-0.25, -0.2) is 0 Å². The van der Waals surface area contributed by atoms with Crippen LogP contribution in [0.3, 0.4) is 0 Å². The van der Waals surface area contributed by atoms with Gasteiger partial charge in [0.15, 0.2) is 0 Å². The minimum Gasteiger partial charge on any atom is -0.328 e. The smallest absolute Gasteiger partial charge is 0.236 e. The average Bonchev–Trinajstić information content (AvgIpc) is 2.29. The number of nitrogens with one attached hydrogen (secondary N) is 1. The molecule has 1 aromatic rings. The predicted octanol–water partition coefficient (Wildman–Crippen LogP) is 1.42. The number of rotatable bonds is 6. The lowest BCUT2D eigenvalue weighted by atomic mass is 10.2. The van der Waals surface area contributed by atoms with Crippen LogP contribution in [0.4, 0.5) is 5.69 Å². The van der Waals surface area contributed by atoms with E-state index in [0.717, 1.165) is 11.3 Å². The molecule has 0 saturated carbocycles. The number of aryl methyl sites for hydroxylation is 1. The monoisotopic (exact) mass is 268 g/mol. The van der Waals surface area contributed by atoms with Gasteiger partial charge >= 0.3 is 0 Å². The Hall–Kier alpha value is -1.20. The molecule has 0 aromatic heterocycles. The Labute approximate surface area is 110 Å². The fourth-order valence-corrected chi connectivity index (χ4v) is 2.58. The number of amides is 1. The zero-order valence-corrected chi connectivity index (χ0v) is 11.6. The zero-order chi connectivity index (χ0) is 13.5. The van der Waals surface area contributed by atoms with Crippen molar-refractivity contribution in [3.63, 3.8) is 0 Å². The van der Waals surface area contributed by atoms with Crippen LogP contribution in [-0.2, 0) is 15.6 Å². The van der Waals surface area contributed by atoms with Gasteiger partial charge in [0, 0.05) is 28.3 Å². The van der Waals surface area contributed by atoms with Crippen molar-refractivity contribution in [1.29, 1.82) is 0 Å². The van der Waals surface area contributed by atoms with Gasteiger partial charge in [-0.2, -0.15) is 0 Å². The van der Waals surface area contributed by atoms with Crippen LogP contribution in [0.2, 0.25) is 0 Å². The highest BCUT2D eigenvalue weighted by atomic mass is 32.2. The van der Waals surface area contributed by atoms with Gasteiger partial charge in [-0.05, 0) is 31.9 Å². The van der Waals surface area contributed by atoms with Crippen molar-refractivity contribution in [2.75, 3.05) is 16.8 Å². The molecule has 3 N–H and O–H groups in total. The summed E-state index contributed by atoms with van der Waals surface area (Å²) in [6, 6.07) is 7.54. The van der Waals surface area contributed by atoms with Gasteiger partial charge in [-0.15, -0.1) is 0 Å². The van der Waals surface area contributed by atoms with Crippen LogP contribution < -0.4 is 11.1 Å². The van der Waals surface area contributed by atoms with Gasteiger partial charge in [0.25, 0.3) is 0 Å². The minimum atomic E-state index is -1.14. The lowest BCUT2D eigenvalue weighted by Crippen LogP contribution is -2.24. The lowest BCUT2D eigenvalue weighted by molar-refractivity contribution is -0.113. The Balaban J connectivity index is 2.42. The van der Waals surface area contributed by atoms with Gasteiger partial charge in [-0.3, -0.25) is 9.00 Å². The molecule has 2 unspecified atom stereocenters. The third-order valence-corrected chi connectivity index (χ3v) is 3.79. The number of carbonyl (C=O) groups excluding carboxylic acids is 1. The molecule has 0 aliphatic heterocycles. The number of nitrogens with two attached hydrogens (primary N) is 1. The van der Waals surface area contributed by atoms with Gasteiger partial charge in [-0.1, -0.05) is 18.2 Å². The highest BCUT2D eigenvalue weighted by Gasteiger charge is 2.09. The van der Waals surface area contributed by atoms with E-state index < -0.39 is 10.8 Å². The van der Waals surface area contributed by atoms with Crippen LogP contribution in [0, 0.1) is 6.92 Å². The minimum absolute atomic E-state index is 0.0216. The summed E-state index contributed by atoms with van der Waals surface area (Å²) in [6.07, 6.45) is 0.671. The summed E-state index contributed by atoms with van der Waals surface area (Å²) in [5.74, 6) is 0.284. The Morgan fingerprint density at radius 2 is 2.11 bits per heavy atom. The molecule has 0 fully saturated rings. The summed E-state index contributed by atoms with van der Waals surface area (Å²) >= 11 is 0. The number of carbonyl (C=O) groups is 1. The normalized spacial score (nSPS) is 13.9. The van der Waals surface area contributed by atoms with E-state index >= 15 is 0 Å². The topological polar surface area (TPSA) is 72.2 Å². The first-order chi connectivity index (χ1) is 8.49. The van der Waals surface area contributed by atoms with E-state index in [4.69, 9.17) is 5.73 Å². The zero-order valence-electron chi connectivity index (χ0n) is 10.8. The van der Waals surface area contributed by atoms with Crippen molar-refractivity contribution in [3.8, 4) is 0 Å². The number of hydrogen-bond acceptors (Lipinski definition) is 3. The highest BCUT2D eigenvalue weighted by Crippen LogP contribution is 2.12. The molecule has 0 heterocycles. The van der Waals surface area contributed by atoms with Crippen molar-refractivity contribution in [1.82, 2.24) is 0 Å². The second-order valence-corrected chi connectivity index (χ2v) is 5.99. The molecule has 4 nitrogen and oxygen atoms in total. The SMILES string of the molecule is Cc1ccccc1NC(=O)CS(=O)CCC(C)N. The van der Waals surface area contributed by atoms with Crippen LogP contribution >= 0.6 is 0 Å². The quantitative estimate of drug-likeness (QED) is 0.819. The average molecular weight is 268 g/mol. The maximum Gasteiger partial charge on any atom is 0.236 e. The van der Waals surface area contributed by atoms with Crippen molar-refractivity contribution in [2.45, 2.75) is 26.3 Å². The van der Waals surface area contributed by atoms with Crippen LogP contribution in [0.5, 0.6) is 0 Å². The molecule has 18 heavy (non-hydrogen) atoms. The molecule has 0 bridgehead atoms. The Morgan fingerprint density at radius 1 is 1.44 bits per heavy atom. The standard InChI is InChI=1S/C13H20N2O2S/c1-10-5-3-4-6-12(10)15-13(16)9-18(17)8-7-11(2)14/h3-6,11H,7-9,14H2,1-2H3,(H,15,16). The van der Waals surface area contributed by atoms with E-state index in [9.17, 15) is 9.00 Å². The van der Waals surface area contributed by atoms with E-state index in [-0.39, 0.29) is 17.7 Å². The molecule has 0 radical (unpaired) electrons. The van der Waals surface area contributed by atoms with Crippen molar-refractivity contribution in [2.24, 2.45) is 5.73 Å². The highest BCUT2D eigenvalue weighted by molar-refractivity contribution is 7.85. The first-order valence-corrected chi connectivity index (χ1v) is 7.44. The van der Waals surface area contributed by atoms with E-state index in [0.29, 0.717) is 12.2 Å². The molecule has 0 spiro atoms. The van der Waals surface area contributed by atoms with Crippen molar-refractivity contribution in [3.05, 3.63) is 29.8 Å². The first-order valence-electron chi connectivity index (χ1n) is 5.95. The molecule has 5 heteroatoms. The van der Waals surface area contributed by atoms with E-state index in [2.05, 4.69) is 5.32 Å². The third-order valence-electron chi connectivity index (χ3n) is 2.51. The molecule has 0 aliphatic rings. The molecule has 2 atom stereocenters. The number of hydrogen-bond donors (Lipinski definition) is 2. The number of anilines is 1. The van der Waals surface area contributed by atoms with Crippen LogP contribution in [0.1, 0.15) is 18.9 Å². The number of para-hydroxylation sites is 1. The Morgan fingerprint density at radius 3 is 2.72 bits per heavy atom. The van der Waals surface area contributed by atoms with E-state index in [1.807, 2.05) is 38.1 Å². The first kappa shape index (κ1) is 14.9. The molecular formula is C13H20N2O2S. The van der Waals surface area contributed by atoms with Crippen LogP contribution in [0.15, 0.2) is 24.3 Å². The fraction of sp³-hybridized carbons (Fsp3) is 0.462. The maximum absolute atomic E-state index is 11.7. The predicted molar refractivity (Wildman–Crippen MR) is 76.0 cm³/mol. The molecule has 1 amide bonds. The summed E-state index contributed by atoms with van der Waals surface area (Å²) in [7, 11) is -1.14. The Bertz CT molecular complexity index is 433. The third kappa shape index (κ3) is 5.42. The second kappa shape index (κ2) is 7.28. The van der Waals surface area contributed by atoms with Gasteiger partial charge < -0.3 is 11.1 Å². The summed E-state index contributed by atoms with van der Waals surface area (Å²) in [5.41, 5.74) is 7.34. The summed E-state index contributed by atoms with van der Waals surface area (Å²) in [5, 5.41) is 2.77. The van der Waals surface area contributed by atoms with Gasteiger partial charge in [0.05, 0.1) is 0 Å². The van der Waals surface area contributed by atoms with E-state index in [1.54, 1.807) is 0 Å². The summed E-state index contributed by atoms with van der Waals surface area (Å²) in [4.78, 5) is 11.7. The van der Waals surface area contributed by atoms with E-state index in [1.165, 1.54) is 0 Å². The molecular weight excluding hydrogens is 248 g/mol.